The third kappa shape index (κ3) is 7.65. The number of piperidine rings is 1. The summed E-state index contributed by atoms with van der Waals surface area (Å²) in [5.41, 5.74) is 2.23. The van der Waals surface area contributed by atoms with Crippen LogP contribution in [0, 0.1) is 19.8 Å². The van der Waals surface area contributed by atoms with Crippen molar-refractivity contribution in [2.45, 2.75) is 46.7 Å². The molecule has 0 atom stereocenters. The van der Waals surface area contributed by atoms with Crippen LogP contribution in [0.25, 0.3) is 0 Å². The first-order valence-electron chi connectivity index (χ1n) is 11.3. The van der Waals surface area contributed by atoms with Crippen molar-refractivity contribution in [3.8, 4) is 5.75 Å². The minimum absolute atomic E-state index is 0. The number of nitrogens with zero attached hydrogens (tertiary/aromatic N) is 4. The number of aliphatic imine (C=N–C) groups is 1. The third-order valence-electron chi connectivity index (χ3n) is 5.92. The molecule has 32 heavy (non-hydrogen) atoms. The molecular weight excluding hydrogens is 517 g/mol. The first-order chi connectivity index (χ1) is 15.0. The summed E-state index contributed by atoms with van der Waals surface area (Å²) in [5.74, 6) is 4.26. The molecule has 7 nitrogen and oxygen atoms in total. The van der Waals surface area contributed by atoms with E-state index < -0.39 is 0 Å². The van der Waals surface area contributed by atoms with Crippen molar-refractivity contribution in [1.29, 1.82) is 0 Å². The van der Waals surface area contributed by atoms with Gasteiger partial charge in [0.15, 0.2) is 5.96 Å². The molecule has 1 aliphatic heterocycles. The molecule has 3 rings (SSSR count). The molecule has 0 aliphatic carbocycles. The Morgan fingerprint density at radius 2 is 1.94 bits per heavy atom. The van der Waals surface area contributed by atoms with Gasteiger partial charge >= 0.3 is 0 Å². The summed E-state index contributed by atoms with van der Waals surface area (Å²) in [7, 11) is 3.93. The van der Waals surface area contributed by atoms with E-state index in [9.17, 15) is 0 Å². The van der Waals surface area contributed by atoms with E-state index in [1.807, 2.05) is 40.0 Å². The Hall–Kier alpha value is -1.81. The standard InChI is InChI=1S/C24H37N5O2.HI/c1-6-30-22-9-7-21(8-10-22)16-28(5)24(25-4)26-15-20-11-13-29(14-12-20)17-23-27-18(2)19(3)31-23;/h7-10,20H,6,11-17H2,1-5H3,(H,25,26);1H. The molecule has 2 heterocycles. The van der Waals surface area contributed by atoms with Gasteiger partial charge in [0.25, 0.3) is 0 Å². The smallest absolute Gasteiger partial charge is 0.208 e. The highest BCUT2D eigenvalue weighted by Crippen LogP contribution is 2.19. The maximum absolute atomic E-state index is 5.74. The lowest BCUT2D eigenvalue weighted by molar-refractivity contribution is 0.163. The van der Waals surface area contributed by atoms with E-state index in [2.05, 4.69) is 44.3 Å². The molecule has 0 bridgehead atoms. The highest BCUT2D eigenvalue weighted by molar-refractivity contribution is 14.0. The average molecular weight is 556 g/mol. The van der Waals surface area contributed by atoms with Crippen LogP contribution in [0.15, 0.2) is 33.7 Å². The van der Waals surface area contributed by atoms with Crippen molar-refractivity contribution >= 4 is 29.9 Å². The van der Waals surface area contributed by atoms with Gasteiger partial charge in [0.1, 0.15) is 11.5 Å². The summed E-state index contributed by atoms with van der Waals surface area (Å²) in [5, 5.41) is 3.57. The molecule has 2 aromatic rings. The van der Waals surface area contributed by atoms with Gasteiger partial charge in [0.2, 0.25) is 5.89 Å². The van der Waals surface area contributed by atoms with E-state index in [1.165, 1.54) is 18.4 Å². The quantitative estimate of drug-likeness (QED) is 0.299. The van der Waals surface area contributed by atoms with Crippen molar-refractivity contribution in [1.82, 2.24) is 20.1 Å². The van der Waals surface area contributed by atoms with Crippen LogP contribution in [-0.4, -0.2) is 61.1 Å². The fourth-order valence-electron chi connectivity index (χ4n) is 3.97. The molecule has 0 saturated carbocycles. The minimum atomic E-state index is 0. The van der Waals surface area contributed by atoms with E-state index in [4.69, 9.17) is 9.15 Å². The first kappa shape index (κ1) is 26.4. The second-order valence-electron chi connectivity index (χ2n) is 8.33. The van der Waals surface area contributed by atoms with Gasteiger partial charge in [-0.3, -0.25) is 9.89 Å². The molecule has 1 aliphatic rings. The SMILES string of the molecule is CCOc1ccc(CN(C)C(=NC)NCC2CCN(Cc3nc(C)c(C)o3)CC2)cc1.I. The van der Waals surface area contributed by atoms with Gasteiger partial charge < -0.3 is 19.4 Å². The van der Waals surface area contributed by atoms with E-state index in [0.29, 0.717) is 12.5 Å². The molecule has 1 fully saturated rings. The Morgan fingerprint density at radius 3 is 2.50 bits per heavy atom. The van der Waals surface area contributed by atoms with Gasteiger partial charge in [-0.2, -0.15) is 0 Å². The van der Waals surface area contributed by atoms with Gasteiger partial charge in [-0.1, -0.05) is 12.1 Å². The molecule has 0 spiro atoms. The maximum atomic E-state index is 5.74. The van der Waals surface area contributed by atoms with Crippen LogP contribution in [0.2, 0.25) is 0 Å². The summed E-state index contributed by atoms with van der Waals surface area (Å²) < 4.78 is 11.3. The second kappa shape index (κ2) is 13.0. The van der Waals surface area contributed by atoms with Gasteiger partial charge in [-0.05, 0) is 70.3 Å². The number of aromatic nitrogens is 1. The molecule has 0 amide bonds. The molecule has 1 N–H and O–H groups in total. The number of aryl methyl sites for hydroxylation is 2. The maximum Gasteiger partial charge on any atom is 0.208 e. The van der Waals surface area contributed by atoms with Crippen molar-refractivity contribution in [3.63, 3.8) is 0 Å². The van der Waals surface area contributed by atoms with Gasteiger partial charge in [-0.25, -0.2) is 4.98 Å². The zero-order valence-electron chi connectivity index (χ0n) is 20.1. The number of hydrogen-bond acceptors (Lipinski definition) is 5. The van der Waals surface area contributed by atoms with Crippen molar-refractivity contribution < 1.29 is 9.15 Å². The van der Waals surface area contributed by atoms with E-state index in [1.54, 1.807) is 0 Å². The molecule has 0 unspecified atom stereocenters. The topological polar surface area (TPSA) is 66.1 Å². The largest absolute Gasteiger partial charge is 0.494 e. The first-order valence-corrected chi connectivity index (χ1v) is 11.3. The van der Waals surface area contributed by atoms with Crippen LogP contribution in [0.5, 0.6) is 5.75 Å². The highest BCUT2D eigenvalue weighted by atomic mass is 127. The number of nitrogens with one attached hydrogen (secondary N) is 1. The Bertz CT molecular complexity index is 825. The lowest BCUT2D eigenvalue weighted by Crippen LogP contribution is -2.43. The van der Waals surface area contributed by atoms with Gasteiger partial charge in [0.05, 0.1) is 18.8 Å². The molecule has 1 aromatic carbocycles. The van der Waals surface area contributed by atoms with Gasteiger partial charge in [-0.15, -0.1) is 24.0 Å². The summed E-state index contributed by atoms with van der Waals surface area (Å²) in [6.45, 7) is 11.4. The number of guanidine groups is 1. The van der Waals surface area contributed by atoms with Crippen LogP contribution >= 0.6 is 24.0 Å². The number of halogens is 1. The van der Waals surface area contributed by atoms with E-state index in [-0.39, 0.29) is 24.0 Å². The lowest BCUT2D eigenvalue weighted by atomic mass is 9.97. The van der Waals surface area contributed by atoms with Crippen LogP contribution in [0.3, 0.4) is 0 Å². The number of likely N-dealkylation sites (tertiary alicyclic amines) is 1. The predicted octanol–water partition coefficient (Wildman–Crippen LogP) is 4.23. The average Bonchev–Trinajstić information content (AvgIpc) is 3.08. The monoisotopic (exact) mass is 555 g/mol. The lowest BCUT2D eigenvalue weighted by Gasteiger charge is -2.32. The van der Waals surface area contributed by atoms with Gasteiger partial charge in [0, 0.05) is 27.2 Å². The number of ether oxygens (including phenoxy) is 1. The predicted molar refractivity (Wildman–Crippen MR) is 140 cm³/mol. The molecule has 1 aromatic heterocycles. The fourth-order valence-corrected chi connectivity index (χ4v) is 3.97. The van der Waals surface area contributed by atoms with Crippen molar-refractivity contribution in [2.75, 3.05) is 40.3 Å². The molecule has 178 valence electrons. The number of oxazole rings is 1. The van der Waals surface area contributed by atoms with E-state index in [0.717, 1.165) is 61.8 Å². The summed E-state index contributed by atoms with van der Waals surface area (Å²) >= 11 is 0. The number of hydrogen-bond donors (Lipinski definition) is 1. The Morgan fingerprint density at radius 1 is 1.25 bits per heavy atom. The minimum Gasteiger partial charge on any atom is -0.494 e. The summed E-state index contributed by atoms with van der Waals surface area (Å²) in [6.07, 6.45) is 2.34. The molecule has 0 radical (unpaired) electrons. The number of rotatable bonds is 8. The fraction of sp³-hybridized carbons (Fsp3) is 0.583. The summed E-state index contributed by atoms with van der Waals surface area (Å²) in [4.78, 5) is 13.6. The highest BCUT2D eigenvalue weighted by Gasteiger charge is 2.21. The zero-order valence-corrected chi connectivity index (χ0v) is 22.4. The Kier molecular flexibility index (Phi) is 10.8. The van der Waals surface area contributed by atoms with Crippen LogP contribution < -0.4 is 10.1 Å². The number of benzene rings is 1. The van der Waals surface area contributed by atoms with Crippen LogP contribution in [0.4, 0.5) is 0 Å². The molecule has 1 saturated heterocycles. The third-order valence-corrected chi connectivity index (χ3v) is 5.92. The Balaban J connectivity index is 0.00000363. The van der Waals surface area contributed by atoms with Crippen LogP contribution in [-0.2, 0) is 13.1 Å². The van der Waals surface area contributed by atoms with E-state index >= 15 is 0 Å². The zero-order chi connectivity index (χ0) is 22.2. The van der Waals surface area contributed by atoms with Crippen molar-refractivity contribution in [2.24, 2.45) is 10.9 Å². The van der Waals surface area contributed by atoms with Crippen molar-refractivity contribution in [3.05, 3.63) is 47.2 Å². The Labute approximate surface area is 209 Å². The van der Waals surface area contributed by atoms with Crippen LogP contribution in [0.1, 0.15) is 42.7 Å². The summed E-state index contributed by atoms with van der Waals surface area (Å²) in [6, 6.07) is 8.28. The second-order valence-corrected chi connectivity index (χ2v) is 8.33. The molecule has 8 heteroatoms. The normalized spacial score (nSPS) is 15.3. The molecular formula is C24H38IN5O2.